The first-order valence-corrected chi connectivity index (χ1v) is 6.52. The van der Waals surface area contributed by atoms with Crippen molar-refractivity contribution in [1.82, 2.24) is 5.32 Å². The molecule has 1 heterocycles. The zero-order valence-corrected chi connectivity index (χ0v) is 10.3. The van der Waals surface area contributed by atoms with Crippen molar-refractivity contribution in [2.24, 2.45) is 5.92 Å². The van der Waals surface area contributed by atoms with Gasteiger partial charge >= 0.3 is 0 Å². The van der Waals surface area contributed by atoms with E-state index in [0.29, 0.717) is 5.92 Å². The maximum atomic E-state index is 5.83. The summed E-state index contributed by atoms with van der Waals surface area (Å²) >= 11 is 0. The number of para-hydroxylation sites is 1. The lowest BCUT2D eigenvalue weighted by Crippen LogP contribution is -2.24. The molecule has 1 fully saturated rings. The van der Waals surface area contributed by atoms with E-state index in [0.717, 1.165) is 30.4 Å². The summed E-state index contributed by atoms with van der Waals surface area (Å²) in [6.45, 7) is 3.38. The molecule has 0 bridgehead atoms. The van der Waals surface area contributed by atoms with E-state index in [1.165, 1.54) is 18.2 Å². The lowest BCUT2D eigenvalue weighted by atomic mass is 10.1. The summed E-state index contributed by atoms with van der Waals surface area (Å²) in [4.78, 5) is 0. The molecule has 1 aromatic heterocycles. The van der Waals surface area contributed by atoms with Gasteiger partial charge in [-0.15, -0.1) is 0 Å². The van der Waals surface area contributed by atoms with E-state index in [4.69, 9.17) is 4.42 Å². The third-order valence-corrected chi connectivity index (χ3v) is 3.36. The van der Waals surface area contributed by atoms with Gasteiger partial charge in [0.25, 0.3) is 0 Å². The molecule has 0 spiro atoms. The second kappa shape index (κ2) is 4.53. The molecule has 1 saturated carbocycles. The molecule has 0 amide bonds. The monoisotopic (exact) mass is 229 g/mol. The Kier molecular flexibility index (Phi) is 2.89. The minimum atomic E-state index is 0.635. The first-order chi connectivity index (χ1) is 8.31. The first-order valence-electron chi connectivity index (χ1n) is 6.52. The lowest BCUT2D eigenvalue weighted by Gasteiger charge is -2.10. The van der Waals surface area contributed by atoms with Crippen LogP contribution in [0.25, 0.3) is 11.0 Å². The average Bonchev–Trinajstić information content (AvgIpc) is 3.06. The molecule has 90 valence electrons. The van der Waals surface area contributed by atoms with E-state index >= 15 is 0 Å². The normalized spacial score (nSPS) is 17.5. The van der Waals surface area contributed by atoms with E-state index in [2.05, 4.69) is 30.4 Å². The predicted molar refractivity (Wildman–Crippen MR) is 70.1 cm³/mol. The van der Waals surface area contributed by atoms with Crippen LogP contribution in [0.4, 0.5) is 0 Å². The maximum Gasteiger partial charge on any atom is 0.134 e. The highest BCUT2D eigenvalue weighted by molar-refractivity contribution is 5.77. The number of nitrogens with one attached hydrogen (secondary N) is 1. The fraction of sp³-hybridized carbons (Fsp3) is 0.467. The number of benzene rings is 1. The molecule has 2 nitrogen and oxygen atoms in total. The van der Waals surface area contributed by atoms with E-state index in [1.807, 2.05) is 12.1 Å². The van der Waals surface area contributed by atoms with Crippen LogP contribution < -0.4 is 5.32 Å². The van der Waals surface area contributed by atoms with Crippen molar-refractivity contribution in [1.29, 1.82) is 0 Å². The van der Waals surface area contributed by atoms with Gasteiger partial charge in [0.2, 0.25) is 0 Å². The molecule has 0 aliphatic heterocycles. The Morgan fingerprint density at radius 1 is 1.35 bits per heavy atom. The highest BCUT2D eigenvalue weighted by Gasteiger charge is 2.21. The Hall–Kier alpha value is -1.28. The summed E-state index contributed by atoms with van der Waals surface area (Å²) in [6, 6.07) is 11.2. The van der Waals surface area contributed by atoms with Gasteiger partial charge in [-0.05, 0) is 37.4 Å². The van der Waals surface area contributed by atoms with E-state index in [9.17, 15) is 0 Å². The van der Waals surface area contributed by atoms with Crippen LogP contribution in [0, 0.1) is 5.92 Å². The number of rotatable bonds is 5. The summed E-state index contributed by atoms with van der Waals surface area (Å²) in [5.41, 5.74) is 1.00. The average molecular weight is 229 g/mol. The topological polar surface area (TPSA) is 25.2 Å². The van der Waals surface area contributed by atoms with E-state index < -0.39 is 0 Å². The Balaban J connectivity index is 1.62. The molecule has 1 aromatic carbocycles. The van der Waals surface area contributed by atoms with Crippen LogP contribution in [0.5, 0.6) is 0 Å². The van der Waals surface area contributed by atoms with Crippen LogP contribution in [0.1, 0.15) is 25.5 Å². The minimum Gasteiger partial charge on any atom is -0.461 e. The summed E-state index contributed by atoms with van der Waals surface area (Å²) in [6.07, 6.45) is 3.74. The van der Waals surface area contributed by atoms with Crippen LogP contribution in [-0.2, 0) is 6.42 Å². The largest absolute Gasteiger partial charge is 0.461 e. The van der Waals surface area contributed by atoms with Gasteiger partial charge in [-0.3, -0.25) is 0 Å². The van der Waals surface area contributed by atoms with E-state index in [1.54, 1.807) is 0 Å². The lowest BCUT2D eigenvalue weighted by molar-refractivity contribution is 0.452. The van der Waals surface area contributed by atoms with Gasteiger partial charge in [-0.25, -0.2) is 0 Å². The molecular weight excluding hydrogens is 210 g/mol. The maximum absolute atomic E-state index is 5.83. The first kappa shape index (κ1) is 10.8. The number of fused-ring (bicyclic) bond motifs is 1. The third-order valence-electron chi connectivity index (χ3n) is 3.36. The SMILES string of the molecule is CC(CNC1CC1)Cc1cc2ccccc2o1. The quantitative estimate of drug-likeness (QED) is 0.850. The third kappa shape index (κ3) is 2.70. The fourth-order valence-electron chi connectivity index (χ4n) is 2.21. The van der Waals surface area contributed by atoms with Crippen LogP contribution in [0.3, 0.4) is 0 Å². The van der Waals surface area contributed by atoms with Crippen molar-refractivity contribution in [3.05, 3.63) is 36.1 Å². The highest BCUT2D eigenvalue weighted by Crippen LogP contribution is 2.22. The van der Waals surface area contributed by atoms with Gasteiger partial charge in [0.05, 0.1) is 0 Å². The molecule has 2 heteroatoms. The van der Waals surface area contributed by atoms with Gasteiger partial charge in [-0.1, -0.05) is 25.1 Å². The highest BCUT2D eigenvalue weighted by atomic mass is 16.3. The van der Waals surface area contributed by atoms with Gasteiger partial charge in [0, 0.05) is 17.8 Å². The summed E-state index contributed by atoms with van der Waals surface area (Å²) < 4.78 is 5.83. The van der Waals surface area contributed by atoms with Crippen molar-refractivity contribution in [3.63, 3.8) is 0 Å². The summed E-state index contributed by atoms with van der Waals surface area (Å²) in [7, 11) is 0. The summed E-state index contributed by atoms with van der Waals surface area (Å²) in [5, 5.41) is 4.78. The van der Waals surface area contributed by atoms with Crippen LogP contribution in [0.2, 0.25) is 0 Å². The van der Waals surface area contributed by atoms with Crippen LogP contribution in [0.15, 0.2) is 34.7 Å². The zero-order valence-electron chi connectivity index (χ0n) is 10.3. The zero-order chi connectivity index (χ0) is 11.7. The second-order valence-corrected chi connectivity index (χ2v) is 5.24. The Labute approximate surface area is 102 Å². The molecule has 2 aromatic rings. The molecule has 1 aliphatic rings. The minimum absolute atomic E-state index is 0.635. The molecule has 0 saturated heterocycles. The van der Waals surface area contributed by atoms with Crippen molar-refractivity contribution in [2.75, 3.05) is 6.54 Å². The standard InChI is InChI=1S/C15H19NO/c1-11(10-16-13-6-7-13)8-14-9-12-4-2-3-5-15(12)17-14/h2-5,9,11,13,16H,6-8,10H2,1H3. The molecule has 17 heavy (non-hydrogen) atoms. The van der Waals surface area contributed by atoms with Gasteiger partial charge in [0.1, 0.15) is 11.3 Å². The van der Waals surface area contributed by atoms with Crippen LogP contribution >= 0.6 is 0 Å². The smallest absolute Gasteiger partial charge is 0.134 e. The molecular formula is C15H19NO. The van der Waals surface area contributed by atoms with Crippen LogP contribution in [-0.4, -0.2) is 12.6 Å². The van der Waals surface area contributed by atoms with Gasteiger partial charge < -0.3 is 9.73 Å². The molecule has 1 aliphatic carbocycles. The predicted octanol–water partition coefficient (Wildman–Crippen LogP) is 3.36. The number of furan rings is 1. The molecule has 1 N–H and O–H groups in total. The fourth-order valence-corrected chi connectivity index (χ4v) is 2.21. The van der Waals surface area contributed by atoms with Crippen molar-refractivity contribution < 1.29 is 4.42 Å². The van der Waals surface area contributed by atoms with Crippen molar-refractivity contribution in [2.45, 2.75) is 32.2 Å². The number of hydrogen-bond acceptors (Lipinski definition) is 2. The van der Waals surface area contributed by atoms with Crippen molar-refractivity contribution >= 4 is 11.0 Å². The van der Waals surface area contributed by atoms with Crippen molar-refractivity contribution in [3.8, 4) is 0 Å². The Morgan fingerprint density at radius 3 is 2.94 bits per heavy atom. The Bertz CT molecular complexity index is 465. The van der Waals surface area contributed by atoms with E-state index in [-0.39, 0.29) is 0 Å². The second-order valence-electron chi connectivity index (χ2n) is 5.24. The molecule has 1 atom stereocenters. The molecule has 3 rings (SSSR count). The molecule has 1 unspecified atom stereocenters. The van der Waals surface area contributed by atoms with Gasteiger partial charge in [0.15, 0.2) is 0 Å². The molecule has 0 radical (unpaired) electrons. The van der Waals surface area contributed by atoms with Gasteiger partial charge in [-0.2, -0.15) is 0 Å². The number of hydrogen-bond donors (Lipinski definition) is 1. The summed E-state index contributed by atoms with van der Waals surface area (Å²) in [5.74, 6) is 1.74. The Morgan fingerprint density at radius 2 is 2.18 bits per heavy atom.